The van der Waals surface area contributed by atoms with E-state index >= 15 is 0 Å². The molecule has 1 aliphatic rings. The fourth-order valence-corrected chi connectivity index (χ4v) is 6.42. The molecule has 1 N–H and O–H groups in total. The second-order valence-electron chi connectivity index (χ2n) is 7.89. The first-order valence-corrected chi connectivity index (χ1v) is 13.3. The Balaban J connectivity index is 1.75. The smallest absolute Gasteiger partial charge is 0.309 e. The third-order valence-electron chi connectivity index (χ3n) is 5.50. The van der Waals surface area contributed by atoms with Gasteiger partial charge in [0.2, 0.25) is 5.52 Å². The zero-order valence-corrected chi connectivity index (χ0v) is 21.9. The molecule has 1 aliphatic heterocycles. The van der Waals surface area contributed by atoms with E-state index in [1.807, 2.05) is 58.9 Å². The summed E-state index contributed by atoms with van der Waals surface area (Å²) in [6.45, 7) is 2.64. The lowest BCUT2D eigenvalue weighted by molar-refractivity contribution is -0.667. The maximum Gasteiger partial charge on any atom is 0.309 e. The molecule has 10 heteroatoms. The standard InChI is InChI=1S/C25H22Cl2N2O4S2/c1-2-15(11-22-28(9-7-24(30)31)18-13-16(26)3-5-20(18)34-22)12-23-29(10-8-25(32)33)19-14-17(27)4-6-21(19)35-23/h3-6,11-14H,2,7-10H2,1H3,(H-,30,31,32,33). The molecular formula is C25H22Cl2N2O4S2. The Bertz CT molecular complexity index is 1370. The van der Waals surface area contributed by atoms with Crippen molar-refractivity contribution in [2.45, 2.75) is 37.6 Å². The number of carbonyl (C=O) groups excluding carboxylic acids is 1. The first-order valence-electron chi connectivity index (χ1n) is 11.0. The molecule has 0 atom stereocenters. The Morgan fingerprint density at radius 1 is 1.14 bits per heavy atom. The fraction of sp³-hybridized carbons (Fsp3) is 0.240. The van der Waals surface area contributed by atoms with E-state index < -0.39 is 11.9 Å². The number of thioether (sulfide) groups is 1. The van der Waals surface area contributed by atoms with Gasteiger partial charge in [-0.1, -0.05) is 53.2 Å². The summed E-state index contributed by atoms with van der Waals surface area (Å²) >= 11 is 15.6. The first kappa shape index (κ1) is 25.6. The molecule has 182 valence electrons. The molecule has 0 unspecified atom stereocenters. The monoisotopic (exact) mass is 548 g/mol. The van der Waals surface area contributed by atoms with Crippen LogP contribution in [0.2, 0.25) is 10.0 Å². The van der Waals surface area contributed by atoms with Crippen LogP contribution in [0.25, 0.3) is 16.3 Å². The van der Waals surface area contributed by atoms with E-state index in [1.54, 1.807) is 23.1 Å². The topological polar surface area (TPSA) is 84.6 Å². The zero-order chi connectivity index (χ0) is 25.1. The highest BCUT2D eigenvalue weighted by molar-refractivity contribution is 8.03. The lowest BCUT2D eigenvalue weighted by Crippen LogP contribution is -2.36. The minimum atomic E-state index is -1.11. The number of carboxylic acid groups (broad SMARTS) is 2. The predicted molar refractivity (Wildman–Crippen MR) is 140 cm³/mol. The van der Waals surface area contributed by atoms with Crippen molar-refractivity contribution in [3.05, 3.63) is 68.1 Å². The highest BCUT2D eigenvalue weighted by Gasteiger charge is 2.26. The molecule has 0 fully saturated rings. The van der Waals surface area contributed by atoms with Gasteiger partial charge in [-0.25, -0.2) is 0 Å². The number of aryl methyl sites for hydroxylation is 1. The van der Waals surface area contributed by atoms with E-state index in [0.29, 0.717) is 16.6 Å². The number of thiazole rings is 1. The molecule has 0 bridgehead atoms. The molecule has 35 heavy (non-hydrogen) atoms. The number of nitrogens with zero attached hydrogens (tertiary/aromatic N) is 2. The van der Waals surface area contributed by atoms with Crippen LogP contribution in [0, 0.1) is 0 Å². The molecule has 0 amide bonds. The van der Waals surface area contributed by atoms with Crippen molar-refractivity contribution < 1.29 is 24.4 Å². The predicted octanol–water partition coefficient (Wildman–Crippen LogP) is 5.36. The molecule has 3 aromatic rings. The molecule has 1 aromatic heterocycles. The van der Waals surface area contributed by atoms with E-state index in [9.17, 15) is 19.8 Å². The van der Waals surface area contributed by atoms with E-state index in [2.05, 4.69) is 6.08 Å². The van der Waals surface area contributed by atoms with Crippen LogP contribution in [-0.4, -0.2) is 23.6 Å². The van der Waals surface area contributed by atoms with Crippen LogP contribution >= 0.6 is 46.3 Å². The van der Waals surface area contributed by atoms with Crippen LogP contribution in [0.1, 0.15) is 31.2 Å². The molecule has 0 spiro atoms. The zero-order valence-electron chi connectivity index (χ0n) is 18.8. The molecule has 0 aliphatic carbocycles. The summed E-state index contributed by atoms with van der Waals surface area (Å²) in [5, 5.41) is 23.4. The van der Waals surface area contributed by atoms with Gasteiger partial charge >= 0.3 is 5.97 Å². The molecule has 0 saturated carbocycles. The van der Waals surface area contributed by atoms with Gasteiger partial charge < -0.3 is 19.9 Å². The fourth-order valence-electron chi connectivity index (χ4n) is 3.80. The van der Waals surface area contributed by atoms with Crippen molar-refractivity contribution in [2.24, 2.45) is 0 Å². The number of hydrogen-bond donors (Lipinski definition) is 1. The van der Waals surface area contributed by atoms with Crippen molar-refractivity contribution in [3.63, 3.8) is 0 Å². The van der Waals surface area contributed by atoms with Gasteiger partial charge in [0.15, 0.2) is 6.54 Å². The number of fused-ring (bicyclic) bond motifs is 2. The number of carboxylic acids is 2. The maximum absolute atomic E-state index is 11.3. The van der Waals surface area contributed by atoms with Gasteiger partial charge in [0.1, 0.15) is 11.1 Å². The second-order valence-corrected chi connectivity index (χ2v) is 10.9. The molecule has 2 heterocycles. The summed E-state index contributed by atoms with van der Waals surface area (Å²) in [7, 11) is 0. The Hall–Kier alpha value is -2.52. The minimum absolute atomic E-state index is 0.00464. The number of halogens is 2. The summed E-state index contributed by atoms with van der Waals surface area (Å²) in [6, 6.07) is 11.2. The van der Waals surface area contributed by atoms with Crippen molar-refractivity contribution in [1.29, 1.82) is 0 Å². The SMILES string of the molecule is CCC(/C=C1\Sc2ccc(Cl)cc2N1CCC(=O)[O-])=C\c1sc2ccc(Cl)cc2[n+]1CCC(=O)O. The van der Waals surface area contributed by atoms with E-state index in [0.717, 1.165) is 42.8 Å². The molecule has 4 rings (SSSR count). The minimum Gasteiger partial charge on any atom is -0.550 e. The van der Waals surface area contributed by atoms with Gasteiger partial charge in [0.05, 0.1) is 10.7 Å². The highest BCUT2D eigenvalue weighted by Crippen LogP contribution is 2.47. The number of allylic oxidation sites excluding steroid dienone is 2. The Kier molecular flexibility index (Phi) is 8.06. The maximum atomic E-state index is 11.3. The molecular weight excluding hydrogens is 527 g/mol. The van der Waals surface area contributed by atoms with Crippen molar-refractivity contribution in [1.82, 2.24) is 0 Å². The first-order chi connectivity index (χ1) is 16.7. The van der Waals surface area contributed by atoms with Gasteiger partial charge in [0, 0.05) is 46.0 Å². The normalized spacial score (nSPS) is 14.7. The van der Waals surface area contributed by atoms with E-state index in [-0.39, 0.29) is 19.4 Å². The Morgan fingerprint density at radius 2 is 1.89 bits per heavy atom. The number of hydrogen-bond acceptors (Lipinski definition) is 6. The van der Waals surface area contributed by atoms with Crippen LogP contribution in [0.15, 0.2) is 58.0 Å². The highest BCUT2D eigenvalue weighted by atomic mass is 35.5. The average Bonchev–Trinajstić information content (AvgIpc) is 3.31. The van der Waals surface area contributed by atoms with Gasteiger partial charge in [-0.05, 0) is 48.4 Å². The third-order valence-corrected chi connectivity index (χ3v) is 8.19. The molecule has 0 radical (unpaired) electrons. The molecule has 6 nitrogen and oxygen atoms in total. The van der Waals surface area contributed by atoms with Crippen LogP contribution in [0.5, 0.6) is 0 Å². The largest absolute Gasteiger partial charge is 0.550 e. The molecule has 2 aromatic carbocycles. The van der Waals surface area contributed by atoms with Gasteiger partial charge in [-0.2, -0.15) is 4.57 Å². The van der Waals surface area contributed by atoms with Gasteiger partial charge in [-0.15, -0.1) is 0 Å². The van der Waals surface area contributed by atoms with Crippen LogP contribution < -0.4 is 14.6 Å². The Labute approximate surface area is 221 Å². The number of rotatable bonds is 9. The number of aromatic nitrogens is 1. The number of aliphatic carboxylic acids is 2. The second kappa shape index (κ2) is 11.0. The lowest BCUT2D eigenvalue weighted by atomic mass is 10.2. The lowest BCUT2D eigenvalue weighted by Gasteiger charge is -2.21. The summed E-state index contributed by atoms with van der Waals surface area (Å²) in [4.78, 5) is 25.4. The van der Waals surface area contributed by atoms with Gasteiger partial charge in [-0.3, -0.25) is 4.79 Å². The van der Waals surface area contributed by atoms with Crippen molar-refractivity contribution >= 4 is 80.2 Å². The summed E-state index contributed by atoms with van der Waals surface area (Å²) in [5.41, 5.74) is 2.79. The quantitative estimate of drug-likeness (QED) is 0.362. The van der Waals surface area contributed by atoms with Crippen LogP contribution in [0.4, 0.5) is 5.69 Å². The van der Waals surface area contributed by atoms with Gasteiger partial charge in [0.25, 0.3) is 5.01 Å². The van der Waals surface area contributed by atoms with Crippen molar-refractivity contribution in [3.8, 4) is 0 Å². The summed E-state index contributed by atoms with van der Waals surface area (Å²) < 4.78 is 3.00. The number of carbonyl (C=O) groups is 2. The van der Waals surface area contributed by atoms with Crippen LogP contribution in [-0.2, 0) is 16.1 Å². The average molecular weight is 550 g/mol. The number of benzene rings is 2. The molecule has 0 saturated heterocycles. The van der Waals surface area contributed by atoms with E-state index in [4.69, 9.17) is 23.2 Å². The summed E-state index contributed by atoms with van der Waals surface area (Å²) in [5.74, 6) is -1.98. The van der Waals surface area contributed by atoms with Crippen molar-refractivity contribution in [2.75, 3.05) is 11.4 Å². The van der Waals surface area contributed by atoms with E-state index in [1.165, 1.54) is 0 Å². The Morgan fingerprint density at radius 3 is 2.60 bits per heavy atom. The van der Waals surface area contributed by atoms with Crippen LogP contribution in [0.3, 0.4) is 0 Å². The summed E-state index contributed by atoms with van der Waals surface area (Å²) in [6.07, 6.45) is 4.72. The number of anilines is 1. The third kappa shape index (κ3) is 6.01.